The Bertz CT molecular complexity index is 357. The van der Waals surface area contributed by atoms with E-state index in [2.05, 4.69) is 19.9 Å². The van der Waals surface area contributed by atoms with E-state index in [4.69, 9.17) is 17.7 Å². The molecule has 0 heterocycles. The molecule has 1 aromatic carbocycles. The highest BCUT2D eigenvalue weighted by atomic mass is 28.4. The Balaban J connectivity index is 3.02. The van der Waals surface area contributed by atoms with Gasteiger partial charge in [-0.05, 0) is 24.0 Å². The molecular weight excluding hydrogens is 248 g/mol. The van der Waals surface area contributed by atoms with Crippen molar-refractivity contribution in [3.05, 3.63) is 29.8 Å². The number of hydrogen-bond acceptors (Lipinski definition) is 4. The van der Waals surface area contributed by atoms with Gasteiger partial charge in [-0.25, -0.2) is 0 Å². The van der Waals surface area contributed by atoms with Crippen LogP contribution in [-0.4, -0.2) is 30.4 Å². The highest BCUT2D eigenvalue weighted by molar-refractivity contribution is 6.54. The van der Waals surface area contributed by atoms with Gasteiger partial charge in [0, 0.05) is 21.3 Å². The number of para-hydroxylation sites is 1. The van der Waals surface area contributed by atoms with Gasteiger partial charge in [0.05, 0.1) is 0 Å². The van der Waals surface area contributed by atoms with Gasteiger partial charge in [-0.3, -0.25) is 0 Å². The third-order valence-electron chi connectivity index (χ3n) is 3.05. The molecule has 0 fully saturated rings. The van der Waals surface area contributed by atoms with E-state index in [1.807, 2.05) is 18.2 Å². The molecule has 0 saturated carbocycles. The summed E-state index contributed by atoms with van der Waals surface area (Å²) in [6, 6.07) is 7.91. The number of hydrogen-bond donors (Lipinski definition) is 0. The quantitative estimate of drug-likeness (QED) is 0.714. The lowest BCUT2D eigenvalue weighted by molar-refractivity contribution is 0.0506. The highest BCUT2D eigenvalue weighted by Crippen LogP contribution is 2.30. The minimum absolute atomic E-state index is 0.415. The van der Waals surface area contributed by atoms with E-state index < -0.39 is 9.05 Å². The first-order valence-electron chi connectivity index (χ1n) is 6.05. The van der Waals surface area contributed by atoms with Crippen molar-refractivity contribution in [3.8, 4) is 5.75 Å². The summed E-state index contributed by atoms with van der Waals surface area (Å²) in [6.07, 6.45) is 1.04. The molecule has 102 valence electrons. The van der Waals surface area contributed by atoms with Crippen molar-refractivity contribution in [2.45, 2.75) is 26.2 Å². The second-order valence-corrected chi connectivity index (χ2v) is 6.49. The second-order valence-electron chi connectivity index (χ2n) is 4.06. The van der Waals surface area contributed by atoms with Crippen LogP contribution in [0.2, 0.25) is 0 Å². The van der Waals surface area contributed by atoms with Crippen LogP contribution in [0.3, 0.4) is 0 Å². The van der Waals surface area contributed by atoms with Gasteiger partial charge in [-0.1, -0.05) is 32.0 Å². The Morgan fingerprint density at radius 2 is 1.61 bits per heavy atom. The maximum atomic E-state index is 5.88. The number of rotatable bonds is 7. The third kappa shape index (κ3) is 3.32. The molecule has 5 heteroatoms. The van der Waals surface area contributed by atoms with Crippen LogP contribution in [0.1, 0.15) is 31.7 Å². The van der Waals surface area contributed by atoms with E-state index in [1.165, 1.54) is 21.3 Å². The number of benzene rings is 1. The standard InChI is InChI=1S/C13H22O4Si/c1-6-11(2)12-9-7-8-10-13(12)17-18(14-3,15-4)16-5/h7-11H,6H2,1-5H3. The van der Waals surface area contributed by atoms with Crippen molar-refractivity contribution < 1.29 is 17.7 Å². The van der Waals surface area contributed by atoms with Crippen LogP contribution in [0.25, 0.3) is 0 Å². The topological polar surface area (TPSA) is 36.9 Å². The maximum absolute atomic E-state index is 5.88. The first-order valence-corrected chi connectivity index (χ1v) is 7.69. The lowest BCUT2D eigenvalue weighted by Gasteiger charge is -2.25. The van der Waals surface area contributed by atoms with Crippen molar-refractivity contribution in [2.24, 2.45) is 0 Å². The largest absolute Gasteiger partial charge is 0.748 e. The van der Waals surface area contributed by atoms with Crippen molar-refractivity contribution in [1.82, 2.24) is 0 Å². The molecule has 0 aliphatic carbocycles. The molecule has 1 rings (SSSR count). The predicted molar refractivity (Wildman–Crippen MR) is 72.6 cm³/mol. The molecule has 0 aliphatic heterocycles. The molecule has 1 atom stereocenters. The van der Waals surface area contributed by atoms with Gasteiger partial charge < -0.3 is 17.7 Å². The Morgan fingerprint density at radius 3 is 2.11 bits per heavy atom. The smallest absolute Gasteiger partial charge is 0.480 e. The monoisotopic (exact) mass is 270 g/mol. The fourth-order valence-corrected chi connectivity index (χ4v) is 2.92. The normalized spacial score (nSPS) is 13.4. The summed E-state index contributed by atoms with van der Waals surface area (Å²) in [6.45, 7) is 4.31. The van der Waals surface area contributed by atoms with Crippen LogP contribution in [0, 0.1) is 0 Å². The molecule has 18 heavy (non-hydrogen) atoms. The molecule has 0 aliphatic rings. The van der Waals surface area contributed by atoms with Crippen LogP contribution in [0.5, 0.6) is 5.75 Å². The van der Waals surface area contributed by atoms with Gasteiger partial charge >= 0.3 is 9.05 Å². The van der Waals surface area contributed by atoms with E-state index in [0.29, 0.717) is 5.92 Å². The summed E-state index contributed by atoms with van der Waals surface area (Å²) in [5.74, 6) is 1.18. The summed E-state index contributed by atoms with van der Waals surface area (Å²) in [5, 5.41) is 0. The van der Waals surface area contributed by atoms with Gasteiger partial charge in [0.2, 0.25) is 0 Å². The fraction of sp³-hybridized carbons (Fsp3) is 0.538. The van der Waals surface area contributed by atoms with Crippen LogP contribution >= 0.6 is 0 Å². The lowest BCUT2D eigenvalue weighted by atomic mass is 9.98. The molecule has 0 aromatic heterocycles. The minimum atomic E-state index is -3.05. The second kappa shape index (κ2) is 6.89. The zero-order valence-corrected chi connectivity index (χ0v) is 12.7. The van der Waals surface area contributed by atoms with Gasteiger partial charge in [-0.2, -0.15) is 0 Å². The maximum Gasteiger partial charge on any atom is 0.748 e. The Labute approximate surface area is 110 Å². The average molecular weight is 270 g/mol. The molecule has 1 aromatic rings. The van der Waals surface area contributed by atoms with Crippen molar-refractivity contribution >= 4 is 9.05 Å². The summed E-state index contributed by atoms with van der Waals surface area (Å²) in [5.41, 5.74) is 1.14. The van der Waals surface area contributed by atoms with E-state index in [1.54, 1.807) is 0 Å². The van der Waals surface area contributed by atoms with Gasteiger partial charge in [0.25, 0.3) is 0 Å². The fourth-order valence-electron chi connectivity index (χ4n) is 1.71. The summed E-state index contributed by atoms with van der Waals surface area (Å²) in [4.78, 5) is 0. The van der Waals surface area contributed by atoms with Gasteiger partial charge in [0.15, 0.2) is 0 Å². The van der Waals surface area contributed by atoms with Crippen molar-refractivity contribution in [2.75, 3.05) is 21.3 Å². The van der Waals surface area contributed by atoms with E-state index >= 15 is 0 Å². The van der Waals surface area contributed by atoms with E-state index in [0.717, 1.165) is 17.7 Å². The molecular formula is C13H22O4Si. The predicted octanol–water partition coefficient (Wildman–Crippen LogP) is 2.95. The van der Waals surface area contributed by atoms with Crippen molar-refractivity contribution in [3.63, 3.8) is 0 Å². The van der Waals surface area contributed by atoms with E-state index in [-0.39, 0.29) is 0 Å². The summed E-state index contributed by atoms with van der Waals surface area (Å²) in [7, 11) is 1.55. The van der Waals surface area contributed by atoms with Crippen LogP contribution in [0.4, 0.5) is 0 Å². The van der Waals surface area contributed by atoms with Crippen molar-refractivity contribution in [1.29, 1.82) is 0 Å². The zero-order valence-electron chi connectivity index (χ0n) is 11.7. The molecule has 0 bridgehead atoms. The molecule has 1 unspecified atom stereocenters. The molecule has 0 amide bonds. The van der Waals surface area contributed by atoms with Crippen LogP contribution in [-0.2, 0) is 13.3 Å². The van der Waals surface area contributed by atoms with Gasteiger partial charge in [0.1, 0.15) is 5.75 Å². The Morgan fingerprint density at radius 1 is 1.06 bits per heavy atom. The summed E-state index contributed by atoms with van der Waals surface area (Å²) < 4.78 is 21.7. The average Bonchev–Trinajstić information content (AvgIpc) is 2.44. The third-order valence-corrected chi connectivity index (χ3v) is 5.02. The zero-order chi connectivity index (χ0) is 13.6. The Kier molecular flexibility index (Phi) is 5.81. The molecule has 0 radical (unpaired) electrons. The molecule has 4 nitrogen and oxygen atoms in total. The van der Waals surface area contributed by atoms with Crippen LogP contribution < -0.4 is 4.43 Å². The first kappa shape index (κ1) is 15.2. The van der Waals surface area contributed by atoms with Crippen LogP contribution in [0.15, 0.2) is 24.3 Å². The molecule has 0 saturated heterocycles. The Hall–Kier alpha value is -0.883. The van der Waals surface area contributed by atoms with E-state index in [9.17, 15) is 0 Å². The molecule has 0 spiro atoms. The van der Waals surface area contributed by atoms with Gasteiger partial charge in [-0.15, -0.1) is 0 Å². The summed E-state index contributed by atoms with van der Waals surface area (Å²) >= 11 is 0. The minimum Gasteiger partial charge on any atom is -0.480 e. The highest BCUT2D eigenvalue weighted by Gasteiger charge is 2.45. The lowest BCUT2D eigenvalue weighted by Crippen LogP contribution is -2.49. The first-order chi connectivity index (χ1) is 8.62. The molecule has 0 N–H and O–H groups in total. The SMILES string of the molecule is CCC(C)c1ccccc1O[Si](OC)(OC)OC.